The number of rotatable bonds is 27. The lowest BCUT2D eigenvalue weighted by atomic mass is 9.75. The van der Waals surface area contributed by atoms with Crippen LogP contribution in [-0.2, 0) is 68.3 Å². The van der Waals surface area contributed by atoms with E-state index in [-0.39, 0.29) is 26.4 Å². The molecule has 382 valence electrons. The lowest BCUT2D eigenvalue weighted by molar-refractivity contribution is -0.227. The van der Waals surface area contributed by atoms with Gasteiger partial charge in [0.25, 0.3) is 11.2 Å². The maximum atomic E-state index is 15.2. The molecule has 8 aromatic carbocycles. The summed E-state index contributed by atoms with van der Waals surface area (Å²) in [5.41, 5.74) is -2.14. The van der Waals surface area contributed by atoms with E-state index in [0.29, 0.717) is 45.3 Å². The van der Waals surface area contributed by atoms with Crippen molar-refractivity contribution in [2.45, 2.75) is 50.8 Å². The lowest BCUT2D eigenvalue weighted by Crippen LogP contribution is -2.73. The number of carboxylic acids is 2. The topological polar surface area (TPSA) is 164 Å². The fourth-order valence-corrected chi connectivity index (χ4v) is 8.10. The van der Waals surface area contributed by atoms with Gasteiger partial charge in [-0.05, 0) is 80.9 Å². The van der Waals surface area contributed by atoms with Crippen LogP contribution in [0.5, 0.6) is 23.0 Å². The molecule has 12 heteroatoms. The van der Waals surface area contributed by atoms with E-state index < -0.39 is 47.9 Å². The van der Waals surface area contributed by atoms with E-state index in [0.717, 1.165) is 34.4 Å². The molecular formula is C64H54O12. The molecule has 0 heterocycles. The minimum absolute atomic E-state index is 0.161. The second kappa shape index (κ2) is 26.0. The average Bonchev–Trinajstić information content (AvgIpc) is 3.50. The fraction of sp³-hybridized carbons (Fsp3) is 0.125. The molecule has 0 radical (unpaired) electrons. The first-order chi connectivity index (χ1) is 37.1. The van der Waals surface area contributed by atoms with Crippen LogP contribution >= 0.6 is 0 Å². The molecule has 0 unspecified atom stereocenters. The number of hydrogen-bond acceptors (Lipinski definition) is 10. The summed E-state index contributed by atoms with van der Waals surface area (Å²) in [6.07, 6.45) is 4.30. The van der Waals surface area contributed by atoms with Crippen LogP contribution in [0.2, 0.25) is 0 Å². The Hall–Kier alpha value is -9.36. The van der Waals surface area contributed by atoms with E-state index in [9.17, 15) is 19.8 Å². The minimum Gasteiger partial charge on any atom is -0.485 e. The van der Waals surface area contributed by atoms with Gasteiger partial charge in [-0.2, -0.15) is 0 Å². The van der Waals surface area contributed by atoms with Crippen LogP contribution in [-0.4, -0.2) is 44.9 Å². The molecule has 8 rings (SSSR count). The van der Waals surface area contributed by atoms with Crippen LogP contribution in [0.25, 0.3) is 12.2 Å². The summed E-state index contributed by atoms with van der Waals surface area (Å²) in [5.74, 6) is -5.65. The van der Waals surface area contributed by atoms with Gasteiger partial charge in [-0.1, -0.05) is 206 Å². The molecule has 76 heavy (non-hydrogen) atoms. The molecule has 0 amide bonds. The van der Waals surface area contributed by atoms with Gasteiger partial charge in [0.1, 0.15) is 26.4 Å². The van der Waals surface area contributed by atoms with Crippen molar-refractivity contribution in [2.75, 3.05) is 0 Å². The van der Waals surface area contributed by atoms with E-state index in [4.69, 9.17) is 28.4 Å². The fourth-order valence-electron chi connectivity index (χ4n) is 8.10. The predicted molar refractivity (Wildman–Crippen MR) is 287 cm³/mol. The Bertz CT molecular complexity index is 3020. The zero-order chi connectivity index (χ0) is 53.0. The smallest absolute Gasteiger partial charge is 0.348 e. The number of hydrogen-bond donors (Lipinski definition) is 2. The van der Waals surface area contributed by atoms with Crippen molar-refractivity contribution < 1.29 is 57.8 Å². The van der Waals surface area contributed by atoms with Crippen molar-refractivity contribution >= 4 is 35.7 Å². The Labute approximate surface area is 440 Å². The molecule has 0 saturated carbocycles. The summed E-state index contributed by atoms with van der Waals surface area (Å²) in [7, 11) is 0. The van der Waals surface area contributed by atoms with Crippen LogP contribution in [0.3, 0.4) is 0 Å². The summed E-state index contributed by atoms with van der Waals surface area (Å²) in [5, 5.41) is 23.0. The zero-order valence-corrected chi connectivity index (χ0v) is 41.3. The molecule has 0 fully saturated rings. The Kier molecular flexibility index (Phi) is 18.1. The highest BCUT2D eigenvalue weighted by atomic mass is 16.6. The molecule has 0 bridgehead atoms. The molecule has 0 spiro atoms. The normalized spacial score (nSPS) is 12.8. The van der Waals surface area contributed by atoms with Gasteiger partial charge in [0.05, 0.1) is 13.2 Å². The molecule has 2 N–H and O–H groups in total. The minimum atomic E-state index is -3.56. The van der Waals surface area contributed by atoms with Gasteiger partial charge in [-0.15, -0.1) is 0 Å². The average molecular weight is 1020 g/mol. The first kappa shape index (κ1) is 52.9. The molecule has 12 nitrogen and oxygen atoms in total. The highest BCUT2D eigenvalue weighted by Gasteiger charge is 2.72. The van der Waals surface area contributed by atoms with Crippen molar-refractivity contribution in [1.82, 2.24) is 0 Å². The molecule has 0 aliphatic rings. The molecular weight excluding hydrogens is 961 g/mol. The van der Waals surface area contributed by atoms with E-state index in [1.54, 1.807) is 97.1 Å². The number of carbonyl (C=O) groups excluding carboxylic acids is 2. The van der Waals surface area contributed by atoms with E-state index in [1.165, 1.54) is 12.2 Å². The third-order valence-corrected chi connectivity index (χ3v) is 12.1. The van der Waals surface area contributed by atoms with Crippen molar-refractivity contribution in [3.8, 4) is 23.0 Å². The summed E-state index contributed by atoms with van der Waals surface area (Å²) in [4.78, 5) is 58.8. The Morgan fingerprint density at radius 1 is 0.329 bits per heavy atom. The number of benzene rings is 8. The summed E-state index contributed by atoms with van der Waals surface area (Å²) in [6.45, 7) is -0.482. The van der Waals surface area contributed by atoms with Crippen LogP contribution in [0, 0.1) is 0 Å². The van der Waals surface area contributed by atoms with Gasteiger partial charge in [0, 0.05) is 0 Å². The SMILES string of the molecule is O=C(O)[C@@](OCc1ccccc1)(C(=O)C=Cc1ccc(OCc2ccccc2)c(OCc2ccccc2)c1)[C@@](OCc1ccccc1)(C(=O)O)C(=O)C=Cc1ccc(OCc2ccccc2)c(OCc2ccccc2)c1. The standard InChI is InChI=1S/C64H54O12/c65-59(37-33-47-31-35-55(71-41-49-19-7-1-8-20-49)57(39-47)73-43-51-23-11-3-12-24-51)63(61(67)68,75-45-53-27-15-5-16-28-53)64(62(69)70,76-46-54-29-17-6-18-30-54)60(66)38-34-48-32-36-56(72-42-50-21-9-2-10-22-50)58(40-48)74-44-52-25-13-4-14-26-52/h1-40H,41-46H2,(H,67,68)(H,69,70)/t63-,64-/m0/s1. The Morgan fingerprint density at radius 2 is 0.579 bits per heavy atom. The number of aliphatic carboxylic acids is 2. The van der Waals surface area contributed by atoms with Crippen molar-refractivity contribution in [1.29, 1.82) is 0 Å². The predicted octanol–water partition coefficient (Wildman–Crippen LogP) is 11.9. The quantitative estimate of drug-likeness (QED) is 0.0371. The lowest BCUT2D eigenvalue weighted by Gasteiger charge is -2.40. The van der Waals surface area contributed by atoms with Crippen LogP contribution in [0.1, 0.15) is 44.5 Å². The van der Waals surface area contributed by atoms with Gasteiger partial charge >= 0.3 is 11.9 Å². The molecule has 2 atom stereocenters. The molecule has 0 aliphatic heterocycles. The number of carbonyl (C=O) groups is 4. The van der Waals surface area contributed by atoms with Crippen LogP contribution < -0.4 is 18.9 Å². The molecule has 0 aromatic heterocycles. The van der Waals surface area contributed by atoms with Gasteiger partial charge in [0.15, 0.2) is 23.0 Å². The Balaban J connectivity index is 1.19. The van der Waals surface area contributed by atoms with E-state index >= 15 is 9.59 Å². The van der Waals surface area contributed by atoms with E-state index in [2.05, 4.69) is 0 Å². The number of ether oxygens (including phenoxy) is 6. The summed E-state index contributed by atoms with van der Waals surface area (Å²) in [6, 6.07) is 64.2. The van der Waals surface area contributed by atoms with Crippen LogP contribution in [0.15, 0.2) is 231 Å². The maximum absolute atomic E-state index is 15.2. The highest BCUT2D eigenvalue weighted by molar-refractivity contribution is 6.27. The number of carboxylic acid groups (broad SMARTS) is 2. The van der Waals surface area contributed by atoms with Crippen LogP contribution in [0.4, 0.5) is 0 Å². The monoisotopic (exact) mass is 1010 g/mol. The van der Waals surface area contributed by atoms with Gasteiger partial charge in [0.2, 0.25) is 11.6 Å². The molecule has 0 saturated heterocycles. The van der Waals surface area contributed by atoms with Crippen molar-refractivity contribution in [3.63, 3.8) is 0 Å². The van der Waals surface area contributed by atoms with Gasteiger partial charge < -0.3 is 38.6 Å². The second-order valence-electron chi connectivity index (χ2n) is 17.4. The molecule has 0 aliphatic carbocycles. The maximum Gasteiger partial charge on any atom is 0.348 e. The summed E-state index contributed by atoms with van der Waals surface area (Å²) < 4.78 is 37.2. The number of ketones is 2. The third-order valence-electron chi connectivity index (χ3n) is 12.1. The van der Waals surface area contributed by atoms with Crippen molar-refractivity contribution in [3.05, 3.63) is 275 Å². The molecule has 8 aromatic rings. The first-order valence-electron chi connectivity index (χ1n) is 24.4. The first-order valence-corrected chi connectivity index (χ1v) is 24.4. The van der Waals surface area contributed by atoms with E-state index in [1.807, 2.05) is 121 Å². The van der Waals surface area contributed by atoms with Gasteiger partial charge in [-0.25, -0.2) is 9.59 Å². The summed E-state index contributed by atoms with van der Waals surface area (Å²) >= 11 is 0. The van der Waals surface area contributed by atoms with Gasteiger partial charge in [-0.3, -0.25) is 9.59 Å². The third kappa shape index (κ3) is 13.4. The Morgan fingerprint density at radius 3 is 0.842 bits per heavy atom. The largest absolute Gasteiger partial charge is 0.485 e. The second-order valence-corrected chi connectivity index (χ2v) is 17.4. The zero-order valence-electron chi connectivity index (χ0n) is 41.3. The highest BCUT2D eigenvalue weighted by Crippen LogP contribution is 2.39. The van der Waals surface area contributed by atoms with Crippen molar-refractivity contribution in [2.24, 2.45) is 0 Å².